The Morgan fingerprint density at radius 2 is 1.30 bits per heavy atom. The number of nitrogens with one attached hydrogen (secondary N) is 1. The summed E-state index contributed by atoms with van der Waals surface area (Å²) in [6, 6.07) is 11.3. The number of halogens is 6. The Bertz CT molecular complexity index is 2100. The van der Waals surface area contributed by atoms with E-state index in [1.54, 1.807) is 23.9 Å². The SMILES string of the molecule is CN(c1ncnc2sc(CC(F)(F)F)cc12)[C@H]1C[C@@H](N)C[C@@H]1O.CN(c1ncnc2sc(CC(F)(F)F)cc12)[C@H]1C[C@@H](NC(=O)OCc2ccccc2)C[C@@H]1O. The van der Waals surface area contributed by atoms with Crippen molar-refractivity contribution >= 4 is 60.8 Å². The van der Waals surface area contributed by atoms with E-state index in [1.165, 1.54) is 24.8 Å². The van der Waals surface area contributed by atoms with Crippen molar-refractivity contribution in [3.63, 3.8) is 0 Å². The number of hydrogen-bond donors (Lipinski definition) is 4. The van der Waals surface area contributed by atoms with Gasteiger partial charge in [-0.05, 0) is 43.4 Å². The standard InChI is InChI=1S/C22H23F3N4O3S.C14H17F3N4OS/c1-29(19-16-9-15(10-22(23,24)25)33-20(16)27-12-26-19)17-7-14(8-18(17)30)28-21(31)32-11-13-5-3-2-4-6-13;1-21(10-2-7(18)3-11(10)22)12-9-4-8(5-14(15,16)17)23-13(9)20-6-19-12/h2-6,9,12,14,17-18,30H,7-8,10-11H2,1H3,(H,28,31);4,6-7,10-11,22H,2-3,5,18H2,1H3/t14-,17+,18+;7-,10+,11+/m11/s1. The van der Waals surface area contributed by atoms with Crippen LogP contribution in [0.4, 0.5) is 42.8 Å². The lowest BCUT2D eigenvalue weighted by Gasteiger charge is -2.28. The first-order valence-corrected chi connectivity index (χ1v) is 19.2. The monoisotopic (exact) mass is 826 g/mol. The van der Waals surface area contributed by atoms with Crippen LogP contribution in [0.2, 0.25) is 0 Å². The van der Waals surface area contributed by atoms with E-state index in [4.69, 9.17) is 10.5 Å². The molecule has 4 aromatic heterocycles. The zero-order valence-corrected chi connectivity index (χ0v) is 31.8. The zero-order valence-electron chi connectivity index (χ0n) is 30.2. The smallest absolute Gasteiger partial charge is 0.407 e. The Kier molecular flexibility index (Phi) is 12.5. The van der Waals surface area contributed by atoms with E-state index in [0.717, 1.165) is 28.2 Å². The maximum atomic E-state index is 12.8. The number of fused-ring (bicyclic) bond motifs is 2. The number of thiophene rings is 2. The number of hydrogen-bond acceptors (Lipinski definition) is 13. The molecule has 6 atom stereocenters. The highest BCUT2D eigenvalue weighted by atomic mass is 32.1. The first kappa shape index (κ1) is 41.3. The number of alkyl carbamates (subject to hydrolysis) is 1. The molecule has 1 amide bonds. The van der Waals surface area contributed by atoms with Gasteiger partial charge < -0.3 is 35.8 Å². The van der Waals surface area contributed by atoms with Gasteiger partial charge in [0.1, 0.15) is 40.6 Å². The summed E-state index contributed by atoms with van der Waals surface area (Å²) in [5, 5.41) is 24.6. The van der Waals surface area contributed by atoms with Gasteiger partial charge in [-0.3, -0.25) is 0 Å². The molecule has 0 radical (unpaired) electrons. The van der Waals surface area contributed by atoms with E-state index in [9.17, 15) is 41.4 Å². The number of nitrogens with two attached hydrogens (primary N) is 1. The number of amides is 1. The van der Waals surface area contributed by atoms with Gasteiger partial charge in [0, 0.05) is 35.9 Å². The maximum Gasteiger partial charge on any atom is 0.407 e. The first-order chi connectivity index (χ1) is 26.4. The molecule has 0 saturated heterocycles. The number of anilines is 2. The number of rotatable bonds is 9. The van der Waals surface area contributed by atoms with Crippen molar-refractivity contribution < 1.29 is 46.1 Å². The van der Waals surface area contributed by atoms with E-state index in [0.29, 0.717) is 57.8 Å². The quantitative estimate of drug-likeness (QED) is 0.127. The minimum absolute atomic E-state index is 0.0851. The minimum atomic E-state index is -4.31. The summed E-state index contributed by atoms with van der Waals surface area (Å²) in [6.45, 7) is 0.141. The number of nitrogens with zero attached hydrogens (tertiary/aromatic N) is 6. The molecule has 0 spiro atoms. The minimum Gasteiger partial charge on any atom is -0.445 e. The number of aliphatic hydroxyl groups is 2. The molecule has 5 N–H and O–H groups in total. The average Bonchev–Trinajstić information content (AvgIpc) is 3.89. The second-order valence-electron chi connectivity index (χ2n) is 13.9. The van der Waals surface area contributed by atoms with Gasteiger partial charge in [-0.1, -0.05) is 30.3 Å². The maximum absolute atomic E-state index is 12.8. The number of alkyl halides is 6. The van der Waals surface area contributed by atoms with Gasteiger partial charge in [0.15, 0.2) is 0 Å². The second-order valence-corrected chi connectivity index (χ2v) is 16.2. The molecule has 4 heterocycles. The van der Waals surface area contributed by atoms with Crippen LogP contribution in [0.15, 0.2) is 55.1 Å². The predicted octanol–water partition coefficient (Wildman–Crippen LogP) is 6.13. The number of aromatic nitrogens is 4. The van der Waals surface area contributed by atoms with Crippen molar-refractivity contribution in [3.8, 4) is 0 Å². The first-order valence-electron chi connectivity index (χ1n) is 17.6. The third-order valence-electron chi connectivity index (χ3n) is 9.69. The largest absolute Gasteiger partial charge is 0.445 e. The van der Waals surface area contributed by atoms with Gasteiger partial charge in [0.25, 0.3) is 0 Å². The molecule has 2 saturated carbocycles. The summed E-state index contributed by atoms with van der Waals surface area (Å²) >= 11 is 1.99. The highest BCUT2D eigenvalue weighted by Gasteiger charge is 2.38. The van der Waals surface area contributed by atoms with Crippen LogP contribution in [0.5, 0.6) is 0 Å². The van der Waals surface area contributed by atoms with E-state index < -0.39 is 43.5 Å². The van der Waals surface area contributed by atoms with E-state index >= 15 is 0 Å². The summed E-state index contributed by atoms with van der Waals surface area (Å²) in [6.07, 6.45) is -7.95. The summed E-state index contributed by atoms with van der Waals surface area (Å²) < 4.78 is 81.4. The number of carbonyl (C=O) groups excluding carboxylic acids is 1. The molecular formula is C36H40F6N8O4S2. The van der Waals surface area contributed by atoms with Crippen LogP contribution in [-0.2, 0) is 24.2 Å². The summed E-state index contributed by atoms with van der Waals surface area (Å²) in [7, 11) is 3.50. The van der Waals surface area contributed by atoms with Crippen LogP contribution >= 0.6 is 22.7 Å². The third kappa shape index (κ3) is 10.3. The fourth-order valence-corrected chi connectivity index (χ4v) is 9.18. The Labute approximate surface area is 325 Å². The summed E-state index contributed by atoms with van der Waals surface area (Å²) in [4.78, 5) is 33.7. The van der Waals surface area contributed by atoms with E-state index in [2.05, 4.69) is 25.3 Å². The predicted molar refractivity (Wildman–Crippen MR) is 201 cm³/mol. The van der Waals surface area contributed by atoms with Gasteiger partial charge in [-0.25, -0.2) is 24.7 Å². The van der Waals surface area contributed by atoms with Crippen molar-refractivity contribution in [2.24, 2.45) is 5.73 Å². The van der Waals surface area contributed by atoms with Crippen molar-refractivity contribution in [1.82, 2.24) is 25.3 Å². The molecule has 0 aliphatic heterocycles. The average molecular weight is 827 g/mol. The topological polar surface area (TPSA) is 163 Å². The second kappa shape index (κ2) is 17.0. The van der Waals surface area contributed by atoms with E-state index in [1.807, 2.05) is 30.3 Å². The lowest BCUT2D eigenvalue weighted by atomic mass is 10.1. The van der Waals surface area contributed by atoms with Gasteiger partial charge in [-0.15, -0.1) is 22.7 Å². The number of benzene rings is 1. The fourth-order valence-electron chi connectivity index (χ4n) is 7.14. The lowest BCUT2D eigenvalue weighted by Crippen LogP contribution is -2.39. The number of aliphatic hydroxyl groups excluding tert-OH is 2. The van der Waals surface area contributed by atoms with Gasteiger partial charge in [0.05, 0.1) is 47.9 Å². The van der Waals surface area contributed by atoms with Crippen LogP contribution < -0.4 is 20.9 Å². The Morgan fingerprint density at radius 3 is 1.79 bits per heavy atom. The Balaban J connectivity index is 0.000000202. The summed E-state index contributed by atoms with van der Waals surface area (Å²) in [5.74, 6) is 0.971. The van der Waals surface area contributed by atoms with Crippen molar-refractivity contribution in [2.75, 3.05) is 23.9 Å². The molecule has 0 unspecified atom stereocenters. The third-order valence-corrected chi connectivity index (χ3v) is 11.8. The molecule has 0 bridgehead atoms. The Morgan fingerprint density at radius 1 is 0.804 bits per heavy atom. The normalized spacial score (nSPS) is 22.6. The number of ether oxygens (including phenoxy) is 1. The van der Waals surface area contributed by atoms with Crippen molar-refractivity contribution in [1.29, 1.82) is 0 Å². The van der Waals surface area contributed by atoms with Gasteiger partial charge in [-0.2, -0.15) is 26.3 Å². The Hall–Kier alpha value is -4.37. The van der Waals surface area contributed by atoms with Crippen LogP contribution in [-0.4, -0.2) is 99.1 Å². The van der Waals surface area contributed by atoms with E-state index in [-0.39, 0.29) is 40.5 Å². The molecule has 20 heteroatoms. The molecule has 7 rings (SSSR count). The van der Waals surface area contributed by atoms with Crippen LogP contribution in [0.25, 0.3) is 20.4 Å². The molecule has 302 valence electrons. The molecule has 2 fully saturated rings. The van der Waals surface area contributed by atoms with Crippen LogP contribution in [0.1, 0.15) is 41.0 Å². The highest BCUT2D eigenvalue weighted by Crippen LogP contribution is 2.37. The van der Waals surface area contributed by atoms with Crippen molar-refractivity contribution in [2.45, 2.75) is 93.9 Å². The van der Waals surface area contributed by atoms with Crippen molar-refractivity contribution in [3.05, 3.63) is 70.4 Å². The summed E-state index contributed by atoms with van der Waals surface area (Å²) in [5.41, 5.74) is 6.74. The molecule has 5 aromatic rings. The molecular weight excluding hydrogens is 787 g/mol. The zero-order chi connectivity index (χ0) is 40.4. The molecule has 2 aliphatic carbocycles. The highest BCUT2D eigenvalue weighted by molar-refractivity contribution is 7.19. The number of likely N-dealkylation sites (N-methyl/N-ethyl adjacent to an activating group) is 2. The van der Waals surface area contributed by atoms with Crippen LogP contribution in [0, 0.1) is 0 Å². The molecule has 2 aliphatic rings. The molecule has 56 heavy (non-hydrogen) atoms. The number of carbonyl (C=O) groups is 1. The van der Waals surface area contributed by atoms with Gasteiger partial charge >= 0.3 is 18.4 Å². The molecule has 1 aromatic carbocycles. The fraction of sp³-hybridized carbons (Fsp3) is 0.472. The molecule has 12 nitrogen and oxygen atoms in total. The lowest BCUT2D eigenvalue weighted by molar-refractivity contribution is -0.127. The van der Waals surface area contributed by atoms with Gasteiger partial charge in [0.2, 0.25) is 0 Å². The van der Waals surface area contributed by atoms with Crippen LogP contribution in [0.3, 0.4) is 0 Å².